The molecule has 1 fully saturated rings. The zero-order valence-electron chi connectivity index (χ0n) is 12.6. The lowest BCUT2D eigenvalue weighted by Gasteiger charge is -2.20. The molecule has 0 bridgehead atoms. The maximum absolute atomic E-state index is 12.6. The van der Waals surface area contributed by atoms with Crippen molar-refractivity contribution >= 4 is 9.84 Å². The van der Waals surface area contributed by atoms with E-state index in [1.54, 1.807) is 0 Å². The SMILES string of the molecule is Cc1cccc(C)c1S(=O)(=O)CCN1CCCCCC1. The molecule has 0 radical (unpaired) electrons. The van der Waals surface area contributed by atoms with Gasteiger partial charge in [0.25, 0.3) is 0 Å². The van der Waals surface area contributed by atoms with E-state index in [1.165, 1.54) is 25.7 Å². The molecule has 1 aliphatic heterocycles. The zero-order chi connectivity index (χ0) is 14.6. The molecule has 0 spiro atoms. The van der Waals surface area contributed by atoms with Gasteiger partial charge in [0.15, 0.2) is 9.84 Å². The fourth-order valence-electron chi connectivity index (χ4n) is 3.00. The molecule has 1 saturated heterocycles. The first-order chi connectivity index (χ1) is 9.50. The number of sulfone groups is 1. The van der Waals surface area contributed by atoms with Gasteiger partial charge in [0.2, 0.25) is 0 Å². The summed E-state index contributed by atoms with van der Waals surface area (Å²) in [6.07, 6.45) is 4.95. The largest absolute Gasteiger partial charge is 0.302 e. The summed E-state index contributed by atoms with van der Waals surface area (Å²) in [5.41, 5.74) is 1.72. The number of nitrogens with zero attached hydrogens (tertiary/aromatic N) is 1. The summed E-state index contributed by atoms with van der Waals surface area (Å²) in [5.74, 6) is 0.235. The van der Waals surface area contributed by atoms with Gasteiger partial charge in [0.05, 0.1) is 10.6 Å². The van der Waals surface area contributed by atoms with Crippen molar-refractivity contribution in [3.05, 3.63) is 29.3 Å². The molecule has 1 aliphatic rings. The van der Waals surface area contributed by atoms with E-state index in [1.807, 2.05) is 32.0 Å². The molecule has 4 heteroatoms. The zero-order valence-corrected chi connectivity index (χ0v) is 13.4. The number of hydrogen-bond acceptors (Lipinski definition) is 3. The third-order valence-corrected chi connectivity index (χ3v) is 6.08. The summed E-state index contributed by atoms with van der Waals surface area (Å²) in [7, 11) is -3.17. The Hall–Kier alpha value is -0.870. The van der Waals surface area contributed by atoms with Crippen molar-refractivity contribution < 1.29 is 8.42 Å². The Balaban J connectivity index is 2.07. The summed E-state index contributed by atoms with van der Waals surface area (Å²) in [5, 5.41) is 0. The minimum Gasteiger partial charge on any atom is -0.302 e. The summed E-state index contributed by atoms with van der Waals surface area (Å²) in [6.45, 7) is 6.51. The van der Waals surface area contributed by atoms with Crippen molar-refractivity contribution in [3.8, 4) is 0 Å². The minimum atomic E-state index is -3.17. The second kappa shape index (κ2) is 6.72. The Morgan fingerprint density at radius 1 is 1.00 bits per heavy atom. The third kappa shape index (κ3) is 3.83. The Bertz CT molecular complexity index is 523. The van der Waals surface area contributed by atoms with Crippen molar-refractivity contribution in [2.75, 3.05) is 25.4 Å². The van der Waals surface area contributed by atoms with Gasteiger partial charge in [-0.15, -0.1) is 0 Å². The van der Waals surface area contributed by atoms with Crippen molar-refractivity contribution in [1.82, 2.24) is 4.90 Å². The maximum Gasteiger partial charge on any atom is 0.180 e. The lowest BCUT2D eigenvalue weighted by Crippen LogP contribution is -2.30. The van der Waals surface area contributed by atoms with Gasteiger partial charge < -0.3 is 4.90 Å². The number of aryl methyl sites for hydroxylation is 2. The van der Waals surface area contributed by atoms with E-state index in [0.717, 1.165) is 24.2 Å². The van der Waals surface area contributed by atoms with Crippen LogP contribution in [-0.2, 0) is 9.84 Å². The van der Waals surface area contributed by atoms with Gasteiger partial charge in [0.1, 0.15) is 0 Å². The smallest absolute Gasteiger partial charge is 0.180 e. The molecule has 1 aromatic carbocycles. The predicted octanol–water partition coefficient (Wildman–Crippen LogP) is 2.95. The summed E-state index contributed by atoms with van der Waals surface area (Å²) in [6, 6.07) is 5.68. The van der Waals surface area contributed by atoms with Crippen LogP contribution in [0.25, 0.3) is 0 Å². The minimum absolute atomic E-state index is 0.235. The van der Waals surface area contributed by atoms with Crippen LogP contribution in [0.1, 0.15) is 36.8 Å². The Kier molecular flexibility index (Phi) is 5.22. The van der Waals surface area contributed by atoms with Crippen molar-refractivity contribution in [2.24, 2.45) is 0 Å². The van der Waals surface area contributed by atoms with Gasteiger partial charge in [0, 0.05) is 6.54 Å². The van der Waals surface area contributed by atoms with Crippen molar-refractivity contribution in [1.29, 1.82) is 0 Å². The standard InChI is InChI=1S/C16H25NO2S/c1-14-8-7-9-15(2)16(14)20(18,19)13-12-17-10-5-3-4-6-11-17/h7-9H,3-6,10-13H2,1-2H3. The van der Waals surface area contributed by atoms with Gasteiger partial charge >= 0.3 is 0 Å². The summed E-state index contributed by atoms with van der Waals surface area (Å²) in [4.78, 5) is 2.84. The average molecular weight is 295 g/mol. The molecule has 0 N–H and O–H groups in total. The van der Waals surface area contributed by atoms with E-state index in [9.17, 15) is 8.42 Å². The van der Waals surface area contributed by atoms with Gasteiger partial charge in [-0.1, -0.05) is 31.0 Å². The molecule has 0 aliphatic carbocycles. The lowest BCUT2D eigenvalue weighted by molar-refractivity contribution is 0.301. The van der Waals surface area contributed by atoms with Gasteiger partial charge in [-0.05, 0) is 50.9 Å². The van der Waals surface area contributed by atoms with Gasteiger partial charge in [-0.3, -0.25) is 0 Å². The van der Waals surface area contributed by atoms with Crippen LogP contribution < -0.4 is 0 Å². The van der Waals surface area contributed by atoms with Crippen molar-refractivity contribution in [2.45, 2.75) is 44.4 Å². The van der Waals surface area contributed by atoms with Crippen LogP contribution >= 0.6 is 0 Å². The monoisotopic (exact) mass is 295 g/mol. The number of rotatable bonds is 4. The van der Waals surface area contributed by atoms with Gasteiger partial charge in [-0.2, -0.15) is 0 Å². The molecular weight excluding hydrogens is 270 g/mol. The average Bonchev–Trinajstić information content (AvgIpc) is 2.64. The molecule has 0 saturated carbocycles. The lowest BCUT2D eigenvalue weighted by atomic mass is 10.2. The van der Waals surface area contributed by atoms with Crippen LogP contribution in [0.3, 0.4) is 0 Å². The molecule has 112 valence electrons. The first-order valence-corrected chi connectivity index (χ1v) is 9.17. The molecule has 3 nitrogen and oxygen atoms in total. The predicted molar refractivity (Wildman–Crippen MR) is 82.9 cm³/mol. The van der Waals surface area contributed by atoms with Crippen LogP contribution in [-0.4, -0.2) is 38.7 Å². The highest BCUT2D eigenvalue weighted by atomic mass is 32.2. The number of likely N-dealkylation sites (tertiary alicyclic amines) is 1. The molecule has 0 aromatic heterocycles. The fourth-order valence-corrected chi connectivity index (χ4v) is 4.82. The fraction of sp³-hybridized carbons (Fsp3) is 0.625. The second-order valence-electron chi connectivity index (χ2n) is 5.80. The third-order valence-electron chi connectivity index (χ3n) is 4.09. The van der Waals surface area contributed by atoms with Crippen molar-refractivity contribution in [3.63, 3.8) is 0 Å². The first-order valence-electron chi connectivity index (χ1n) is 7.52. The van der Waals surface area contributed by atoms with Crippen LogP contribution in [0.2, 0.25) is 0 Å². The van der Waals surface area contributed by atoms with E-state index < -0.39 is 9.84 Å². The first kappa shape index (κ1) is 15.5. The highest BCUT2D eigenvalue weighted by Crippen LogP contribution is 2.21. The van der Waals surface area contributed by atoms with Crippen LogP contribution in [0.15, 0.2) is 23.1 Å². The molecule has 1 heterocycles. The molecule has 2 rings (SSSR count). The maximum atomic E-state index is 12.6. The Morgan fingerprint density at radius 2 is 1.55 bits per heavy atom. The molecule has 20 heavy (non-hydrogen) atoms. The van der Waals surface area contributed by atoms with Crippen LogP contribution in [0.4, 0.5) is 0 Å². The molecule has 0 amide bonds. The molecule has 0 atom stereocenters. The number of hydrogen-bond donors (Lipinski definition) is 0. The highest BCUT2D eigenvalue weighted by molar-refractivity contribution is 7.91. The van der Waals surface area contributed by atoms with E-state index in [4.69, 9.17) is 0 Å². The Morgan fingerprint density at radius 3 is 2.10 bits per heavy atom. The topological polar surface area (TPSA) is 37.4 Å². The molecule has 1 aromatic rings. The van der Waals surface area contributed by atoms with Gasteiger partial charge in [-0.25, -0.2) is 8.42 Å². The normalized spacial score (nSPS) is 17.9. The Labute approximate surface area is 122 Å². The quantitative estimate of drug-likeness (QED) is 0.857. The summed E-state index contributed by atoms with van der Waals surface area (Å²) >= 11 is 0. The van der Waals surface area contributed by atoms with E-state index in [2.05, 4.69) is 4.90 Å². The number of benzene rings is 1. The second-order valence-corrected chi connectivity index (χ2v) is 7.84. The van der Waals surface area contributed by atoms with Crippen LogP contribution in [0.5, 0.6) is 0 Å². The molecule has 0 unspecified atom stereocenters. The van der Waals surface area contributed by atoms with E-state index in [0.29, 0.717) is 11.4 Å². The van der Waals surface area contributed by atoms with E-state index in [-0.39, 0.29) is 5.75 Å². The molecular formula is C16H25NO2S. The summed E-state index contributed by atoms with van der Waals surface area (Å²) < 4.78 is 25.2. The van der Waals surface area contributed by atoms with Crippen LogP contribution in [0, 0.1) is 13.8 Å². The van der Waals surface area contributed by atoms with E-state index >= 15 is 0 Å². The highest BCUT2D eigenvalue weighted by Gasteiger charge is 2.20.